The summed E-state index contributed by atoms with van der Waals surface area (Å²) in [4.78, 5) is 0. The van der Waals surface area contributed by atoms with Gasteiger partial charge in [-0.15, -0.1) is 0 Å². The monoisotopic (exact) mass is 98.1 g/mol. The number of hydrogen-bond acceptors (Lipinski definition) is 0. The third kappa shape index (κ3) is 8.87. The van der Waals surface area contributed by atoms with Gasteiger partial charge in [0.15, 0.2) is 0 Å². The Balaban J connectivity index is 0. The molecule has 0 aliphatic carbocycles. The van der Waals surface area contributed by atoms with Gasteiger partial charge in [-0.25, -0.2) is 0 Å². The molecule has 0 nitrogen and oxygen atoms in total. The molecule has 0 unspecified atom stereocenters. The minimum atomic E-state index is 0. The van der Waals surface area contributed by atoms with E-state index in [1.165, 1.54) is 17.9 Å². The van der Waals surface area contributed by atoms with Gasteiger partial charge in [0.05, 0.1) is 0 Å². The second-order valence-corrected chi connectivity index (χ2v) is 1.35. The maximum absolute atomic E-state index is 2.21. The summed E-state index contributed by atoms with van der Waals surface area (Å²) in [6, 6.07) is 0. The van der Waals surface area contributed by atoms with Crippen LogP contribution in [0.15, 0.2) is 0 Å². The van der Waals surface area contributed by atoms with E-state index in [-0.39, 0.29) is 13.5 Å². The van der Waals surface area contributed by atoms with E-state index >= 15 is 0 Å². The van der Waals surface area contributed by atoms with Gasteiger partial charge in [-0.2, -0.15) is 13.5 Å². The van der Waals surface area contributed by atoms with Crippen LogP contribution in [0.4, 0.5) is 0 Å². The predicted molar refractivity (Wildman–Crippen MR) is 35.9 cm³/mol. The van der Waals surface area contributed by atoms with Crippen LogP contribution in [0.25, 0.3) is 0 Å². The van der Waals surface area contributed by atoms with E-state index in [1.54, 1.807) is 0 Å². The molecule has 6 heavy (non-hydrogen) atoms. The van der Waals surface area contributed by atoms with Crippen molar-refractivity contribution >= 4 is 31.2 Å². The van der Waals surface area contributed by atoms with Crippen LogP contribution < -0.4 is 0 Å². The van der Waals surface area contributed by atoms with Gasteiger partial charge < -0.3 is 0 Å². The predicted octanol–water partition coefficient (Wildman–Crippen LogP) is 1.49. The topological polar surface area (TPSA) is 0 Å². The molecule has 0 aliphatic rings. The fourth-order valence-electron chi connectivity index (χ4n) is 0.354. The standard InChI is InChI=1S/C4H9.Li.H2S/c1-3-4-2;;/h1,3-4H2,2H3;;1H2. The first-order valence-electron chi connectivity index (χ1n) is 2.41. The molecule has 34 valence electrons. The van der Waals surface area contributed by atoms with Crippen LogP contribution >= 0.6 is 13.5 Å². The summed E-state index contributed by atoms with van der Waals surface area (Å²) in [5, 5.41) is 1.34. The Labute approximate surface area is 56.3 Å². The van der Waals surface area contributed by atoms with E-state index < -0.39 is 0 Å². The van der Waals surface area contributed by atoms with Crippen molar-refractivity contribution in [3.8, 4) is 0 Å². The molecule has 0 heterocycles. The molecule has 0 fully saturated rings. The molecule has 0 spiro atoms. The van der Waals surface area contributed by atoms with Crippen molar-refractivity contribution in [1.29, 1.82) is 0 Å². The van der Waals surface area contributed by atoms with E-state index in [0.717, 1.165) is 0 Å². The molecule has 0 aromatic rings. The molecule has 0 bridgehead atoms. The van der Waals surface area contributed by atoms with Crippen molar-refractivity contribution in [1.82, 2.24) is 0 Å². The van der Waals surface area contributed by atoms with Crippen molar-refractivity contribution in [2.24, 2.45) is 0 Å². The van der Waals surface area contributed by atoms with Gasteiger partial charge in [0.1, 0.15) is 0 Å². The van der Waals surface area contributed by atoms with Crippen molar-refractivity contribution < 1.29 is 0 Å². The Morgan fingerprint density at radius 2 is 2.00 bits per heavy atom. The fraction of sp³-hybridized carbons (Fsp3) is 1.00. The van der Waals surface area contributed by atoms with Gasteiger partial charge in [-0.05, 0) is 0 Å². The first-order valence-corrected chi connectivity index (χ1v) is 2.41. The van der Waals surface area contributed by atoms with Crippen LogP contribution in [0, 0.1) is 0 Å². The maximum atomic E-state index is 2.21. The number of hydrogen-bond donors (Lipinski definition) is 0. The SMILES string of the molecule is S.[Li][CH2]CCC. The van der Waals surface area contributed by atoms with Gasteiger partial charge >= 0.3 is 42.6 Å². The quantitative estimate of drug-likeness (QED) is 0.459. The Morgan fingerprint density at radius 3 is 2.00 bits per heavy atom. The zero-order valence-corrected chi connectivity index (χ0v) is 5.62. The average Bonchev–Trinajstić information content (AvgIpc) is 1.41. The van der Waals surface area contributed by atoms with Gasteiger partial charge in [0, 0.05) is 0 Å². The van der Waals surface area contributed by atoms with Crippen LogP contribution in [-0.4, -0.2) is 17.7 Å². The van der Waals surface area contributed by atoms with E-state index in [4.69, 9.17) is 0 Å². The number of unbranched alkanes of at least 4 members (excludes halogenated alkanes) is 1. The first-order chi connectivity index (χ1) is 2.41. The third-order valence-electron chi connectivity index (χ3n) is 0.707. The Hall–Kier alpha value is 0.947. The molecule has 0 saturated carbocycles. The first kappa shape index (κ1) is 10.0. The van der Waals surface area contributed by atoms with Gasteiger partial charge in [0.2, 0.25) is 0 Å². The van der Waals surface area contributed by atoms with Crippen LogP contribution in [0.5, 0.6) is 0 Å². The summed E-state index contributed by atoms with van der Waals surface area (Å²) in [6.45, 7) is 2.21. The molecule has 0 radical (unpaired) electrons. The summed E-state index contributed by atoms with van der Waals surface area (Å²) < 4.78 is 0. The molecule has 0 amide bonds. The average molecular weight is 98.1 g/mol. The summed E-state index contributed by atoms with van der Waals surface area (Å²) in [5.41, 5.74) is 0. The summed E-state index contributed by atoms with van der Waals surface area (Å²) in [6.07, 6.45) is 2.73. The molecule has 0 N–H and O–H groups in total. The summed E-state index contributed by atoms with van der Waals surface area (Å²) in [5.74, 6) is 0. The van der Waals surface area contributed by atoms with Crippen LogP contribution in [-0.2, 0) is 0 Å². The van der Waals surface area contributed by atoms with Crippen LogP contribution in [0.3, 0.4) is 0 Å². The zero-order chi connectivity index (χ0) is 4.12. The fourth-order valence-corrected chi connectivity index (χ4v) is 0.354. The third-order valence-corrected chi connectivity index (χ3v) is 0.707. The van der Waals surface area contributed by atoms with Crippen LogP contribution in [0.2, 0.25) is 5.09 Å². The molecule has 0 rings (SSSR count). The zero-order valence-electron chi connectivity index (χ0n) is 4.62. The molecular weight excluding hydrogens is 87.1 g/mol. The molecule has 2 heteroatoms. The van der Waals surface area contributed by atoms with Crippen molar-refractivity contribution in [3.05, 3.63) is 0 Å². The molecule has 0 aliphatic heterocycles. The molecule has 0 saturated heterocycles. The number of rotatable bonds is 2. The van der Waals surface area contributed by atoms with Gasteiger partial charge in [-0.1, -0.05) is 0 Å². The molecule has 0 aromatic carbocycles. The van der Waals surface area contributed by atoms with Crippen molar-refractivity contribution in [2.45, 2.75) is 24.9 Å². The Bertz CT molecular complexity index is 15.0. The minimum absolute atomic E-state index is 0. The Kier molecular flexibility index (Phi) is 15.6. The van der Waals surface area contributed by atoms with Crippen molar-refractivity contribution in [2.75, 3.05) is 0 Å². The van der Waals surface area contributed by atoms with E-state index in [1.807, 2.05) is 0 Å². The van der Waals surface area contributed by atoms with E-state index in [0.29, 0.717) is 0 Å². The van der Waals surface area contributed by atoms with Crippen molar-refractivity contribution in [3.63, 3.8) is 0 Å². The normalized spacial score (nSPS) is 7.17. The molecule has 0 aromatic heterocycles. The second kappa shape index (κ2) is 9.34. The van der Waals surface area contributed by atoms with E-state index in [2.05, 4.69) is 24.6 Å². The second-order valence-electron chi connectivity index (χ2n) is 1.35. The molecule has 0 atom stereocenters. The molecular formula is C4H11LiS. The van der Waals surface area contributed by atoms with Gasteiger partial charge in [0.25, 0.3) is 0 Å². The van der Waals surface area contributed by atoms with Gasteiger partial charge in [-0.3, -0.25) is 0 Å². The summed E-state index contributed by atoms with van der Waals surface area (Å²) >= 11 is 2.21. The van der Waals surface area contributed by atoms with E-state index in [9.17, 15) is 0 Å². The Morgan fingerprint density at radius 1 is 1.50 bits per heavy atom. The summed E-state index contributed by atoms with van der Waals surface area (Å²) in [7, 11) is 0. The van der Waals surface area contributed by atoms with Crippen LogP contribution in [0.1, 0.15) is 19.8 Å².